The number of carbonyl (C=O) groups excluding carboxylic acids is 1. The first-order valence-electron chi connectivity index (χ1n) is 7.88. The van der Waals surface area contributed by atoms with E-state index < -0.39 is 5.82 Å². The summed E-state index contributed by atoms with van der Waals surface area (Å²) < 4.78 is 14.5. The van der Waals surface area contributed by atoms with Gasteiger partial charge in [-0.3, -0.25) is 4.79 Å². The highest BCUT2D eigenvalue weighted by Crippen LogP contribution is 2.26. The maximum absolute atomic E-state index is 13.8. The molecule has 25 heavy (non-hydrogen) atoms. The van der Waals surface area contributed by atoms with Crippen molar-refractivity contribution in [2.24, 2.45) is 0 Å². The predicted molar refractivity (Wildman–Crippen MR) is 102 cm³/mol. The van der Waals surface area contributed by atoms with Gasteiger partial charge in [0.15, 0.2) is 4.34 Å². The van der Waals surface area contributed by atoms with E-state index in [2.05, 4.69) is 22.4 Å². The first kappa shape index (κ1) is 19.9. The summed E-state index contributed by atoms with van der Waals surface area (Å²) in [7, 11) is 1.63. The van der Waals surface area contributed by atoms with Gasteiger partial charge in [-0.05, 0) is 18.6 Å². The number of nitrogens with zero attached hydrogens (tertiary/aromatic N) is 3. The van der Waals surface area contributed by atoms with E-state index >= 15 is 0 Å². The van der Waals surface area contributed by atoms with Gasteiger partial charge in [-0.15, -0.1) is 10.2 Å². The number of aromatic nitrogens is 2. The molecule has 0 bridgehead atoms. The Morgan fingerprint density at radius 3 is 2.96 bits per heavy atom. The van der Waals surface area contributed by atoms with Crippen LogP contribution in [-0.2, 0) is 11.3 Å². The van der Waals surface area contributed by atoms with E-state index in [-0.39, 0.29) is 18.2 Å². The summed E-state index contributed by atoms with van der Waals surface area (Å²) in [6.07, 6.45) is 2.18. The van der Waals surface area contributed by atoms with E-state index in [9.17, 15) is 9.18 Å². The van der Waals surface area contributed by atoms with Crippen molar-refractivity contribution in [2.45, 2.75) is 30.6 Å². The molecular formula is C16H20ClFN4OS2. The molecule has 0 aliphatic heterocycles. The highest BCUT2D eigenvalue weighted by Gasteiger charge is 2.15. The molecule has 0 radical (unpaired) electrons. The maximum Gasteiger partial charge on any atom is 0.233 e. The molecule has 0 saturated heterocycles. The van der Waals surface area contributed by atoms with Gasteiger partial charge >= 0.3 is 0 Å². The molecule has 2 aromatic rings. The van der Waals surface area contributed by atoms with E-state index in [4.69, 9.17) is 11.6 Å². The monoisotopic (exact) mass is 402 g/mol. The molecule has 1 aromatic carbocycles. The van der Waals surface area contributed by atoms with E-state index in [1.165, 1.54) is 34.1 Å². The molecule has 1 amide bonds. The Balaban J connectivity index is 1.83. The lowest BCUT2D eigenvalue weighted by Crippen LogP contribution is -2.28. The minimum absolute atomic E-state index is 0.125. The fourth-order valence-corrected chi connectivity index (χ4v) is 3.89. The number of anilines is 1. The molecule has 1 heterocycles. The van der Waals surface area contributed by atoms with Crippen molar-refractivity contribution >= 4 is 45.7 Å². The molecule has 9 heteroatoms. The van der Waals surface area contributed by atoms with E-state index in [0.29, 0.717) is 10.6 Å². The van der Waals surface area contributed by atoms with Gasteiger partial charge in [0, 0.05) is 30.7 Å². The zero-order chi connectivity index (χ0) is 18.2. The lowest BCUT2D eigenvalue weighted by Gasteiger charge is -2.18. The zero-order valence-electron chi connectivity index (χ0n) is 14.1. The molecule has 2 rings (SSSR count). The lowest BCUT2D eigenvalue weighted by atomic mass is 10.2. The minimum Gasteiger partial charge on any atom is -0.360 e. The Hall–Kier alpha value is -1.38. The average Bonchev–Trinajstić information content (AvgIpc) is 3.04. The van der Waals surface area contributed by atoms with Crippen molar-refractivity contribution in [3.8, 4) is 0 Å². The molecule has 0 fully saturated rings. The van der Waals surface area contributed by atoms with Crippen molar-refractivity contribution in [1.29, 1.82) is 0 Å². The third kappa shape index (κ3) is 6.13. The normalized spacial score (nSPS) is 10.7. The topological polar surface area (TPSA) is 58.1 Å². The number of thioether (sulfide) groups is 1. The molecule has 5 nitrogen and oxygen atoms in total. The van der Waals surface area contributed by atoms with Crippen LogP contribution in [0.2, 0.25) is 5.02 Å². The Morgan fingerprint density at radius 1 is 1.44 bits per heavy atom. The zero-order valence-corrected chi connectivity index (χ0v) is 16.5. The van der Waals surface area contributed by atoms with Gasteiger partial charge in [0.2, 0.25) is 11.0 Å². The molecule has 136 valence electrons. The van der Waals surface area contributed by atoms with Gasteiger partial charge in [-0.25, -0.2) is 4.39 Å². The summed E-state index contributed by atoms with van der Waals surface area (Å²) in [4.78, 5) is 13.7. The van der Waals surface area contributed by atoms with Crippen LogP contribution < -0.4 is 5.32 Å². The first-order chi connectivity index (χ1) is 12.0. The number of hydrogen-bond acceptors (Lipinski definition) is 6. The summed E-state index contributed by atoms with van der Waals surface area (Å²) in [5.74, 6) is -0.321. The van der Waals surface area contributed by atoms with Crippen LogP contribution in [-0.4, -0.2) is 40.3 Å². The number of benzene rings is 1. The average molecular weight is 403 g/mol. The number of nitrogens with one attached hydrogen (secondary N) is 1. The van der Waals surface area contributed by atoms with Crippen molar-refractivity contribution in [3.05, 3.63) is 34.6 Å². The van der Waals surface area contributed by atoms with Crippen molar-refractivity contribution in [3.63, 3.8) is 0 Å². The van der Waals surface area contributed by atoms with Gasteiger partial charge in [-0.1, -0.05) is 54.1 Å². The van der Waals surface area contributed by atoms with Crippen LogP contribution in [0.15, 0.2) is 22.5 Å². The van der Waals surface area contributed by atoms with E-state index in [1.807, 2.05) is 0 Å². The standard InChI is InChI=1S/C16H20ClFN4OS2/c1-3-4-8-19-15-20-21-16(25-15)24-10-14(23)22(2)9-11-12(17)6-5-7-13(11)18/h5-7H,3-4,8-10H2,1-2H3,(H,19,20). The second-order valence-corrected chi connectivity index (χ2v) is 8.00. The summed E-state index contributed by atoms with van der Waals surface area (Å²) in [5, 5.41) is 12.4. The lowest BCUT2D eigenvalue weighted by molar-refractivity contribution is -0.127. The van der Waals surface area contributed by atoms with Gasteiger partial charge < -0.3 is 10.2 Å². The van der Waals surface area contributed by atoms with Gasteiger partial charge in [0.25, 0.3) is 0 Å². The third-order valence-electron chi connectivity index (χ3n) is 3.41. The summed E-state index contributed by atoms with van der Waals surface area (Å²) in [6.45, 7) is 3.12. The fourth-order valence-electron chi connectivity index (χ4n) is 1.95. The van der Waals surface area contributed by atoms with E-state index in [1.54, 1.807) is 19.2 Å². The summed E-state index contributed by atoms with van der Waals surface area (Å²) in [6, 6.07) is 4.49. The number of rotatable bonds is 9. The van der Waals surface area contributed by atoms with Crippen LogP contribution in [0.5, 0.6) is 0 Å². The van der Waals surface area contributed by atoms with Crippen LogP contribution in [0, 0.1) is 5.82 Å². The first-order valence-corrected chi connectivity index (χ1v) is 10.1. The molecule has 0 atom stereocenters. The smallest absolute Gasteiger partial charge is 0.233 e. The molecule has 0 unspecified atom stereocenters. The number of hydrogen-bond donors (Lipinski definition) is 1. The van der Waals surface area contributed by atoms with Crippen molar-refractivity contribution in [1.82, 2.24) is 15.1 Å². The number of halogens is 2. The molecule has 0 aliphatic rings. The number of carbonyl (C=O) groups is 1. The summed E-state index contributed by atoms with van der Waals surface area (Å²) in [5.41, 5.74) is 0.323. The Labute approximate surface area is 160 Å². The van der Waals surface area contributed by atoms with Gasteiger partial charge in [0.05, 0.1) is 5.75 Å². The molecule has 0 aliphatic carbocycles. The summed E-state index contributed by atoms with van der Waals surface area (Å²) >= 11 is 8.75. The van der Waals surface area contributed by atoms with Crippen LogP contribution in [0.25, 0.3) is 0 Å². The number of unbranched alkanes of at least 4 members (excludes halogenated alkanes) is 1. The van der Waals surface area contributed by atoms with Crippen LogP contribution in [0.3, 0.4) is 0 Å². The van der Waals surface area contributed by atoms with Crippen molar-refractivity contribution < 1.29 is 9.18 Å². The molecule has 1 aromatic heterocycles. The fraction of sp³-hybridized carbons (Fsp3) is 0.438. The second-order valence-electron chi connectivity index (χ2n) is 5.39. The largest absolute Gasteiger partial charge is 0.360 e. The van der Waals surface area contributed by atoms with Crippen LogP contribution >= 0.6 is 34.7 Å². The third-order valence-corrected chi connectivity index (χ3v) is 5.77. The minimum atomic E-state index is -0.410. The molecular weight excluding hydrogens is 383 g/mol. The van der Waals surface area contributed by atoms with Crippen LogP contribution in [0.4, 0.5) is 9.52 Å². The maximum atomic E-state index is 13.8. The molecule has 0 spiro atoms. The Morgan fingerprint density at radius 2 is 2.24 bits per heavy atom. The van der Waals surface area contributed by atoms with Gasteiger partial charge in [-0.2, -0.15) is 0 Å². The highest BCUT2D eigenvalue weighted by molar-refractivity contribution is 8.01. The quantitative estimate of drug-likeness (QED) is 0.500. The SMILES string of the molecule is CCCCNc1nnc(SCC(=O)N(C)Cc2c(F)cccc2Cl)s1. The molecule has 1 N–H and O–H groups in total. The molecule has 0 saturated carbocycles. The predicted octanol–water partition coefficient (Wildman–Crippen LogP) is 4.29. The van der Waals surface area contributed by atoms with Crippen LogP contribution in [0.1, 0.15) is 25.3 Å². The number of amides is 1. The Bertz CT molecular complexity index is 693. The Kier molecular flexibility index (Phi) is 7.92. The van der Waals surface area contributed by atoms with E-state index in [0.717, 1.165) is 28.9 Å². The second kappa shape index (κ2) is 9.94. The van der Waals surface area contributed by atoms with Gasteiger partial charge in [0.1, 0.15) is 5.82 Å². The highest BCUT2D eigenvalue weighted by atomic mass is 35.5. The van der Waals surface area contributed by atoms with Crippen molar-refractivity contribution in [2.75, 3.05) is 24.7 Å².